The van der Waals surface area contributed by atoms with Gasteiger partial charge in [0.05, 0.1) is 0 Å². The van der Waals surface area contributed by atoms with Crippen molar-refractivity contribution in [1.82, 2.24) is 0 Å². The van der Waals surface area contributed by atoms with Crippen LogP contribution < -0.4 is 4.90 Å². The van der Waals surface area contributed by atoms with Crippen molar-refractivity contribution >= 4 is 11.5 Å². The molecular formula is C10H11NO2. The quantitative estimate of drug-likeness (QED) is 0.647. The lowest BCUT2D eigenvalue weighted by atomic mass is 10.1. The van der Waals surface area contributed by atoms with Crippen LogP contribution in [0.5, 0.6) is 0 Å². The lowest BCUT2D eigenvalue weighted by Crippen LogP contribution is -2.33. The number of ketones is 1. The minimum atomic E-state index is -0.447. The van der Waals surface area contributed by atoms with Gasteiger partial charge in [0.25, 0.3) is 0 Å². The Morgan fingerprint density at radius 3 is 2.69 bits per heavy atom. The van der Waals surface area contributed by atoms with E-state index in [4.69, 9.17) is 4.74 Å². The van der Waals surface area contributed by atoms with Crippen molar-refractivity contribution in [2.75, 3.05) is 19.1 Å². The van der Waals surface area contributed by atoms with Gasteiger partial charge >= 0.3 is 0 Å². The van der Waals surface area contributed by atoms with Crippen LogP contribution >= 0.6 is 0 Å². The fourth-order valence-electron chi connectivity index (χ4n) is 1.69. The Hall–Kier alpha value is -1.35. The summed E-state index contributed by atoms with van der Waals surface area (Å²) in [5.74, 6) is 0.0422. The maximum absolute atomic E-state index is 11.7. The molecular weight excluding hydrogens is 166 g/mol. The van der Waals surface area contributed by atoms with Crippen LogP contribution in [0.15, 0.2) is 24.3 Å². The van der Waals surface area contributed by atoms with Gasteiger partial charge in [0.2, 0.25) is 5.78 Å². The Kier molecular flexibility index (Phi) is 1.81. The molecule has 3 heteroatoms. The number of fused-ring (bicyclic) bond motifs is 1. The second-order valence-corrected chi connectivity index (χ2v) is 3.08. The van der Waals surface area contributed by atoms with Gasteiger partial charge in [0.15, 0.2) is 6.23 Å². The Balaban J connectivity index is 2.50. The molecule has 1 atom stereocenters. The average molecular weight is 177 g/mol. The molecule has 0 saturated heterocycles. The van der Waals surface area contributed by atoms with Gasteiger partial charge in [-0.05, 0) is 12.1 Å². The second-order valence-electron chi connectivity index (χ2n) is 3.08. The lowest BCUT2D eigenvalue weighted by Gasteiger charge is -2.18. The fourth-order valence-corrected chi connectivity index (χ4v) is 1.69. The van der Waals surface area contributed by atoms with Crippen LogP contribution in [0.25, 0.3) is 0 Å². The maximum Gasteiger partial charge on any atom is 0.214 e. The molecule has 3 nitrogen and oxygen atoms in total. The van der Waals surface area contributed by atoms with Crippen LogP contribution in [0, 0.1) is 0 Å². The zero-order valence-corrected chi connectivity index (χ0v) is 7.65. The molecule has 1 aliphatic rings. The minimum Gasteiger partial charge on any atom is -0.354 e. The van der Waals surface area contributed by atoms with Crippen molar-refractivity contribution in [3.8, 4) is 0 Å². The van der Waals surface area contributed by atoms with E-state index < -0.39 is 6.23 Å². The first-order chi connectivity index (χ1) is 6.25. The number of nitrogens with zero attached hydrogens (tertiary/aromatic N) is 1. The van der Waals surface area contributed by atoms with Crippen LogP contribution in [0.4, 0.5) is 5.69 Å². The summed E-state index contributed by atoms with van der Waals surface area (Å²) in [5, 5.41) is 0. The maximum atomic E-state index is 11.7. The van der Waals surface area contributed by atoms with Gasteiger partial charge in [-0.3, -0.25) is 4.79 Å². The van der Waals surface area contributed by atoms with Gasteiger partial charge in [-0.2, -0.15) is 0 Å². The largest absolute Gasteiger partial charge is 0.354 e. The molecule has 0 spiro atoms. The highest BCUT2D eigenvalue weighted by atomic mass is 16.5. The predicted molar refractivity (Wildman–Crippen MR) is 50.0 cm³/mol. The standard InChI is InChI=1S/C10H11NO2/c1-11-8-6-4-3-5-7(8)9(12)10(11)13-2/h3-6,10H,1-2H3/t10-/m0/s1. The number of benzene rings is 1. The number of hydrogen-bond donors (Lipinski definition) is 0. The number of ether oxygens (including phenoxy) is 1. The number of carbonyl (C=O) groups is 1. The minimum absolute atomic E-state index is 0.0422. The first-order valence-electron chi connectivity index (χ1n) is 4.14. The predicted octanol–water partition coefficient (Wildman–Crippen LogP) is 1.29. The van der Waals surface area contributed by atoms with Crippen molar-refractivity contribution in [1.29, 1.82) is 0 Å². The first kappa shape index (κ1) is 8.26. The van der Waals surface area contributed by atoms with Gasteiger partial charge in [0.1, 0.15) is 0 Å². The van der Waals surface area contributed by atoms with Crippen molar-refractivity contribution in [2.45, 2.75) is 6.23 Å². The van der Waals surface area contributed by atoms with Crippen LogP contribution in [-0.4, -0.2) is 26.2 Å². The molecule has 0 aliphatic carbocycles. The van der Waals surface area contributed by atoms with E-state index in [-0.39, 0.29) is 5.78 Å². The number of hydrogen-bond acceptors (Lipinski definition) is 3. The first-order valence-corrected chi connectivity index (χ1v) is 4.14. The average Bonchev–Trinajstić information content (AvgIpc) is 2.41. The Morgan fingerprint density at radius 1 is 1.38 bits per heavy atom. The Bertz CT molecular complexity index is 349. The molecule has 1 aromatic rings. The number of likely N-dealkylation sites (N-methyl/N-ethyl adjacent to an activating group) is 1. The zero-order valence-electron chi connectivity index (χ0n) is 7.65. The summed E-state index contributed by atoms with van der Waals surface area (Å²) in [6, 6.07) is 7.53. The number of rotatable bonds is 1. The number of methoxy groups -OCH3 is 1. The number of Topliss-reactive ketones (excluding diaryl/α,β-unsaturated/α-hetero) is 1. The Labute approximate surface area is 76.9 Å². The van der Waals surface area contributed by atoms with Gasteiger partial charge in [-0.15, -0.1) is 0 Å². The summed E-state index contributed by atoms with van der Waals surface area (Å²) in [6.07, 6.45) is -0.447. The van der Waals surface area contributed by atoms with Gasteiger partial charge in [-0.1, -0.05) is 12.1 Å². The molecule has 0 saturated carbocycles. The van der Waals surface area contributed by atoms with E-state index in [1.165, 1.54) is 0 Å². The molecule has 1 aromatic carbocycles. The van der Waals surface area contributed by atoms with Gasteiger partial charge in [-0.25, -0.2) is 0 Å². The summed E-state index contributed by atoms with van der Waals surface area (Å²) in [4.78, 5) is 13.5. The van der Waals surface area contributed by atoms with E-state index in [0.29, 0.717) is 0 Å². The molecule has 0 radical (unpaired) electrons. The second kappa shape index (κ2) is 2.85. The summed E-state index contributed by atoms with van der Waals surface area (Å²) in [6.45, 7) is 0. The highest BCUT2D eigenvalue weighted by Gasteiger charge is 2.34. The van der Waals surface area contributed by atoms with Crippen molar-refractivity contribution in [3.63, 3.8) is 0 Å². The smallest absolute Gasteiger partial charge is 0.214 e. The third-order valence-electron chi connectivity index (χ3n) is 2.35. The Morgan fingerprint density at radius 2 is 2.08 bits per heavy atom. The fraction of sp³-hybridized carbons (Fsp3) is 0.300. The molecule has 0 N–H and O–H groups in total. The number of anilines is 1. The highest BCUT2D eigenvalue weighted by molar-refractivity contribution is 6.09. The third-order valence-corrected chi connectivity index (χ3v) is 2.35. The topological polar surface area (TPSA) is 29.5 Å². The molecule has 13 heavy (non-hydrogen) atoms. The van der Waals surface area contributed by atoms with Crippen molar-refractivity contribution in [3.05, 3.63) is 29.8 Å². The van der Waals surface area contributed by atoms with Crippen molar-refractivity contribution < 1.29 is 9.53 Å². The van der Waals surface area contributed by atoms with Crippen molar-refractivity contribution in [2.24, 2.45) is 0 Å². The molecule has 0 bridgehead atoms. The number of para-hydroxylation sites is 1. The van der Waals surface area contributed by atoms with E-state index in [2.05, 4.69) is 0 Å². The molecule has 1 aliphatic heterocycles. The molecule has 0 amide bonds. The van der Waals surface area contributed by atoms with E-state index in [9.17, 15) is 4.79 Å². The summed E-state index contributed by atoms with van der Waals surface area (Å²) < 4.78 is 5.09. The molecule has 2 rings (SSSR count). The van der Waals surface area contributed by atoms with E-state index in [1.54, 1.807) is 7.11 Å². The van der Waals surface area contributed by atoms with Crippen LogP contribution in [0.2, 0.25) is 0 Å². The van der Waals surface area contributed by atoms with E-state index >= 15 is 0 Å². The summed E-state index contributed by atoms with van der Waals surface area (Å²) in [5.41, 5.74) is 1.69. The van der Waals surface area contributed by atoms with Crippen LogP contribution in [0.1, 0.15) is 10.4 Å². The summed E-state index contributed by atoms with van der Waals surface area (Å²) >= 11 is 0. The van der Waals surface area contributed by atoms with E-state index in [0.717, 1.165) is 11.3 Å². The molecule has 1 heterocycles. The molecule has 68 valence electrons. The van der Waals surface area contributed by atoms with Gasteiger partial charge < -0.3 is 9.64 Å². The zero-order chi connectivity index (χ0) is 9.42. The molecule has 0 unspecified atom stereocenters. The SMILES string of the molecule is CO[C@H]1C(=O)c2ccccc2N1C. The van der Waals surface area contributed by atoms with Crippen LogP contribution in [-0.2, 0) is 4.74 Å². The molecule has 0 fully saturated rings. The van der Waals surface area contributed by atoms with E-state index in [1.807, 2.05) is 36.2 Å². The third kappa shape index (κ3) is 1.04. The number of carbonyl (C=O) groups excluding carboxylic acids is 1. The normalized spacial score (nSPS) is 20.6. The highest BCUT2D eigenvalue weighted by Crippen LogP contribution is 2.30. The lowest BCUT2D eigenvalue weighted by molar-refractivity contribution is 0.0644. The van der Waals surface area contributed by atoms with Crippen LogP contribution in [0.3, 0.4) is 0 Å². The monoisotopic (exact) mass is 177 g/mol. The molecule has 0 aromatic heterocycles. The van der Waals surface area contributed by atoms with Gasteiger partial charge in [0, 0.05) is 25.4 Å². The summed E-state index contributed by atoms with van der Waals surface area (Å²) in [7, 11) is 3.41.